The lowest BCUT2D eigenvalue weighted by Gasteiger charge is -2.01. The van der Waals surface area contributed by atoms with E-state index in [2.05, 4.69) is 0 Å². The van der Waals surface area contributed by atoms with Gasteiger partial charge in [0.05, 0.1) is 11.1 Å². The Bertz CT molecular complexity index is 342. The lowest BCUT2D eigenvalue weighted by Crippen LogP contribution is -1.97. The van der Waals surface area contributed by atoms with Crippen LogP contribution >= 0.6 is 0 Å². The third-order valence-electron chi connectivity index (χ3n) is 1.49. The molecule has 1 rings (SSSR count). The number of halogens is 2. The van der Waals surface area contributed by atoms with Crippen molar-refractivity contribution in [3.05, 3.63) is 28.8 Å². The summed E-state index contributed by atoms with van der Waals surface area (Å²) in [6.45, 7) is 0. The molecule has 0 spiro atoms. The summed E-state index contributed by atoms with van der Waals surface area (Å²) < 4.78 is 25.4. The molecule has 0 aromatic heterocycles. The number of aromatic hydroxyl groups is 1. The molecule has 13 heavy (non-hydrogen) atoms. The third kappa shape index (κ3) is 1.40. The van der Waals surface area contributed by atoms with Gasteiger partial charge in [-0.1, -0.05) is 0 Å². The molecule has 1 aromatic rings. The number of phenols is 1. The van der Waals surface area contributed by atoms with Crippen LogP contribution in [0.5, 0.6) is 5.75 Å². The standard InChI is InChI=1S/C8H4F2O3/c9-6-4(2-11)1-5(3-12)8(13)7(6)10/h1-3,13H. The van der Waals surface area contributed by atoms with Gasteiger partial charge in [0.1, 0.15) is 0 Å². The van der Waals surface area contributed by atoms with E-state index in [1.165, 1.54) is 0 Å². The highest BCUT2D eigenvalue weighted by atomic mass is 19.2. The fourth-order valence-electron chi connectivity index (χ4n) is 0.832. The first-order valence-corrected chi connectivity index (χ1v) is 3.23. The van der Waals surface area contributed by atoms with E-state index in [1.807, 2.05) is 0 Å². The van der Waals surface area contributed by atoms with Crippen molar-refractivity contribution >= 4 is 12.6 Å². The molecular formula is C8H4F2O3. The highest BCUT2D eigenvalue weighted by Gasteiger charge is 2.16. The lowest BCUT2D eigenvalue weighted by atomic mass is 10.1. The molecule has 5 heteroatoms. The van der Waals surface area contributed by atoms with Crippen LogP contribution in [0, 0.1) is 11.6 Å². The van der Waals surface area contributed by atoms with Crippen LogP contribution in [-0.4, -0.2) is 17.7 Å². The Hall–Kier alpha value is -1.78. The maximum atomic E-state index is 12.7. The molecule has 1 N–H and O–H groups in total. The molecule has 1 aromatic carbocycles. The summed E-state index contributed by atoms with van der Waals surface area (Å²) >= 11 is 0. The number of benzene rings is 1. The third-order valence-corrected chi connectivity index (χ3v) is 1.49. The van der Waals surface area contributed by atoms with Crippen LogP contribution in [0.4, 0.5) is 8.78 Å². The van der Waals surface area contributed by atoms with E-state index in [9.17, 15) is 18.4 Å². The first-order chi connectivity index (χ1) is 6.11. The SMILES string of the molecule is O=Cc1cc(C=O)c(F)c(F)c1O. The molecular weight excluding hydrogens is 182 g/mol. The predicted molar refractivity (Wildman–Crippen MR) is 38.8 cm³/mol. The molecule has 0 bridgehead atoms. The molecule has 68 valence electrons. The Morgan fingerprint density at radius 1 is 1.08 bits per heavy atom. The van der Waals surface area contributed by atoms with Gasteiger partial charge >= 0.3 is 0 Å². The second-order valence-electron chi connectivity index (χ2n) is 2.27. The molecule has 0 unspecified atom stereocenters. The molecule has 0 amide bonds. The Morgan fingerprint density at radius 2 is 1.62 bits per heavy atom. The zero-order valence-electron chi connectivity index (χ0n) is 6.25. The van der Waals surface area contributed by atoms with E-state index in [1.54, 1.807) is 0 Å². The Morgan fingerprint density at radius 3 is 2.08 bits per heavy atom. The first kappa shape index (κ1) is 9.31. The summed E-state index contributed by atoms with van der Waals surface area (Å²) in [7, 11) is 0. The second kappa shape index (κ2) is 3.30. The lowest BCUT2D eigenvalue weighted by molar-refractivity contribution is 0.111. The monoisotopic (exact) mass is 186 g/mol. The van der Waals surface area contributed by atoms with Crippen molar-refractivity contribution in [1.29, 1.82) is 0 Å². The molecule has 0 aliphatic carbocycles. The zero-order valence-corrected chi connectivity index (χ0v) is 6.25. The normalized spacial score (nSPS) is 9.69. The van der Waals surface area contributed by atoms with Crippen molar-refractivity contribution in [1.82, 2.24) is 0 Å². The zero-order chi connectivity index (χ0) is 10.0. The molecule has 3 nitrogen and oxygen atoms in total. The first-order valence-electron chi connectivity index (χ1n) is 3.23. The molecule has 0 radical (unpaired) electrons. The van der Waals surface area contributed by atoms with Crippen LogP contribution in [0.3, 0.4) is 0 Å². The molecule has 0 atom stereocenters. The number of rotatable bonds is 2. The van der Waals surface area contributed by atoms with Crippen LogP contribution in [-0.2, 0) is 0 Å². The van der Waals surface area contributed by atoms with Crippen LogP contribution < -0.4 is 0 Å². The molecule has 0 aliphatic rings. The maximum absolute atomic E-state index is 12.7. The fraction of sp³-hybridized carbons (Fsp3) is 0. The van der Waals surface area contributed by atoms with Crippen molar-refractivity contribution in [2.24, 2.45) is 0 Å². The second-order valence-corrected chi connectivity index (χ2v) is 2.27. The summed E-state index contributed by atoms with van der Waals surface area (Å²) in [6, 6.07) is 0.772. The summed E-state index contributed by atoms with van der Waals surface area (Å²) in [5, 5.41) is 8.84. The molecule has 0 heterocycles. The predicted octanol–water partition coefficient (Wildman–Crippen LogP) is 1.30. The van der Waals surface area contributed by atoms with Gasteiger partial charge in [-0.2, -0.15) is 4.39 Å². The van der Waals surface area contributed by atoms with Gasteiger partial charge in [0.25, 0.3) is 0 Å². The van der Waals surface area contributed by atoms with Gasteiger partial charge in [-0.25, -0.2) is 4.39 Å². The molecule has 0 saturated heterocycles. The van der Waals surface area contributed by atoms with Gasteiger partial charge in [0.2, 0.25) is 5.82 Å². The van der Waals surface area contributed by atoms with E-state index in [0.29, 0.717) is 0 Å². The van der Waals surface area contributed by atoms with Gasteiger partial charge in [-0.15, -0.1) is 0 Å². The van der Waals surface area contributed by atoms with Crippen LogP contribution in [0.2, 0.25) is 0 Å². The van der Waals surface area contributed by atoms with Crippen molar-refractivity contribution < 1.29 is 23.5 Å². The van der Waals surface area contributed by atoms with Gasteiger partial charge in [-0.05, 0) is 6.07 Å². The van der Waals surface area contributed by atoms with Crippen molar-refractivity contribution in [2.75, 3.05) is 0 Å². The average Bonchev–Trinajstić information content (AvgIpc) is 2.15. The van der Waals surface area contributed by atoms with E-state index in [-0.39, 0.29) is 12.6 Å². The average molecular weight is 186 g/mol. The van der Waals surface area contributed by atoms with E-state index >= 15 is 0 Å². The number of carbonyl (C=O) groups excluding carboxylic acids is 2. The van der Waals surface area contributed by atoms with Gasteiger partial charge in [0, 0.05) is 0 Å². The topological polar surface area (TPSA) is 54.4 Å². The van der Waals surface area contributed by atoms with Crippen LogP contribution in [0.25, 0.3) is 0 Å². The van der Waals surface area contributed by atoms with Crippen molar-refractivity contribution in [3.63, 3.8) is 0 Å². The van der Waals surface area contributed by atoms with Gasteiger partial charge < -0.3 is 5.11 Å². The highest BCUT2D eigenvalue weighted by Crippen LogP contribution is 2.24. The number of hydrogen-bond donors (Lipinski definition) is 1. The van der Waals surface area contributed by atoms with Gasteiger partial charge in [-0.3, -0.25) is 9.59 Å². The summed E-state index contributed by atoms with van der Waals surface area (Å²) in [5.41, 5.74) is -1.06. The largest absolute Gasteiger partial charge is 0.504 e. The summed E-state index contributed by atoms with van der Waals surface area (Å²) in [6.07, 6.45) is 0.190. The summed E-state index contributed by atoms with van der Waals surface area (Å²) in [5.74, 6) is -4.14. The molecule has 0 aliphatic heterocycles. The Labute approximate surface area is 71.6 Å². The molecule has 0 saturated carbocycles. The van der Waals surface area contributed by atoms with Crippen LogP contribution in [0.15, 0.2) is 6.07 Å². The van der Waals surface area contributed by atoms with E-state index in [4.69, 9.17) is 5.11 Å². The number of phenolic OH excluding ortho intramolecular Hbond substituents is 1. The fourth-order valence-corrected chi connectivity index (χ4v) is 0.832. The van der Waals surface area contributed by atoms with Crippen LogP contribution in [0.1, 0.15) is 20.7 Å². The number of aldehydes is 2. The minimum absolute atomic E-state index is 0.0604. The van der Waals surface area contributed by atoms with E-state index < -0.39 is 28.5 Å². The minimum atomic E-state index is -1.59. The van der Waals surface area contributed by atoms with Crippen molar-refractivity contribution in [3.8, 4) is 5.75 Å². The smallest absolute Gasteiger partial charge is 0.201 e. The van der Waals surface area contributed by atoms with Gasteiger partial charge in [0.15, 0.2) is 24.1 Å². The van der Waals surface area contributed by atoms with Crippen molar-refractivity contribution in [2.45, 2.75) is 0 Å². The minimum Gasteiger partial charge on any atom is -0.504 e. The number of hydrogen-bond acceptors (Lipinski definition) is 3. The highest BCUT2D eigenvalue weighted by molar-refractivity contribution is 5.85. The Balaban J connectivity index is 3.53. The maximum Gasteiger partial charge on any atom is 0.201 e. The summed E-state index contributed by atoms with van der Waals surface area (Å²) in [4.78, 5) is 20.3. The molecule has 0 fully saturated rings. The Kier molecular flexibility index (Phi) is 2.36. The number of carbonyl (C=O) groups is 2. The van der Waals surface area contributed by atoms with E-state index in [0.717, 1.165) is 6.07 Å². The quantitative estimate of drug-likeness (QED) is 0.708.